The van der Waals surface area contributed by atoms with Crippen molar-refractivity contribution in [3.05, 3.63) is 112 Å². The van der Waals surface area contributed by atoms with Gasteiger partial charge < -0.3 is 5.32 Å². The molecule has 34 heavy (non-hydrogen) atoms. The van der Waals surface area contributed by atoms with Crippen LogP contribution in [0.5, 0.6) is 0 Å². The van der Waals surface area contributed by atoms with Crippen molar-refractivity contribution in [2.24, 2.45) is 0 Å². The number of rotatable bonds is 6. The van der Waals surface area contributed by atoms with Gasteiger partial charge in [0.25, 0.3) is 0 Å². The maximum absolute atomic E-state index is 13.3. The highest BCUT2D eigenvalue weighted by atomic mass is 16.2. The van der Waals surface area contributed by atoms with Crippen molar-refractivity contribution in [1.82, 2.24) is 24.5 Å². The number of amides is 1. The first-order chi connectivity index (χ1) is 16.7. The minimum atomic E-state index is -0.332. The zero-order valence-electron chi connectivity index (χ0n) is 18.5. The third-order valence-corrected chi connectivity index (χ3v) is 6.26. The van der Waals surface area contributed by atoms with Gasteiger partial charge in [0, 0.05) is 11.3 Å². The number of hydrogen-bond acceptors (Lipinski definition) is 4. The molecule has 1 N–H and O–H groups in total. The SMILES string of the molecule is O=C(Cn1nc2c3ccccc3nc(C3CC3)n2c1=O)NC(c1ccccc1)c1ccccc1. The normalized spacial score (nSPS) is 13.6. The predicted molar refractivity (Wildman–Crippen MR) is 130 cm³/mol. The molecule has 2 heterocycles. The van der Waals surface area contributed by atoms with Gasteiger partial charge in [-0.1, -0.05) is 72.8 Å². The molecule has 5 aromatic rings. The molecule has 0 saturated heterocycles. The van der Waals surface area contributed by atoms with Crippen molar-refractivity contribution in [3.8, 4) is 0 Å². The van der Waals surface area contributed by atoms with E-state index in [0.29, 0.717) is 5.65 Å². The Kier molecular flexibility index (Phi) is 4.95. The quantitative estimate of drug-likeness (QED) is 0.427. The average Bonchev–Trinajstić information content (AvgIpc) is 3.68. The number of benzene rings is 3. The molecule has 0 radical (unpaired) electrons. The largest absolute Gasteiger partial charge is 0.352 e. The van der Waals surface area contributed by atoms with E-state index in [-0.39, 0.29) is 30.1 Å². The Hall–Kier alpha value is -4.26. The Labute approximate surface area is 195 Å². The van der Waals surface area contributed by atoms with Gasteiger partial charge >= 0.3 is 5.69 Å². The molecule has 1 aliphatic carbocycles. The standard InChI is InChI=1S/C27H23N5O2/c33-23(29-24(18-9-3-1-4-10-18)19-11-5-2-6-12-19)17-31-27(34)32-25(20-15-16-20)28-22-14-8-7-13-21(22)26(32)30-31/h1-14,20,24H,15-17H2,(H,29,33). The molecule has 0 unspecified atom stereocenters. The molecule has 168 valence electrons. The van der Waals surface area contributed by atoms with Gasteiger partial charge in [0.05, 0.1) is 11.6 Å². The Morgan fingerprint density at radius 3 is 2.18 bits per heavy atom. The number of para-hydroxylation sites is 1. The van der Waals surface area contributed by atoms with Gasteiger partial charge in [-0.2, -0.15) is 0 Å². The molecule has 2 aromatic heterocycles. The molecule has 0 bridgehead atoms. The van der Waals surface area contributed by atoms with E-state index >= 15 is 0 Å². The second-order valence-electron chi connectivity index (χ2n) is 8.68. The average molecular weight is 450 g/mol. The molecule has 0 atom stereocenters. The van der Waals surface area contributed by atoms with Crippen LogP contribution < -0.4 is 11.0 Å². The van der Waals surface area contributed by atoms with E-state index in [9.17, 15) is 9.59 Å². The second kappa shape index (κ2) is 8.26. The first-order valence-electron chi connectivity index (χ1n) is 11.5. The fraction of sp³-hybridized carbons (Fsp3) is 0.185. The molecule has 1 fully saturated rings. The van der Waals surface area contributed by atoms with E-state index in [1.165, 1.54) is 4.68 Å². The molecule has 1 amide bonds. The maximum atomic E-state index is 13.3. The topological polar surface area (TPSA) is 81.3 Å². The molecule has 0 spiro atoms. The van der Waals surface area contributed by atoms with Crippen molar-refractivity contribution in [2.75, 3.05) is 0 Å². The highest BCUT2D eigenvalue weighted by Gasteiger charge is 2.30. The maximum Gasteiger partial charge on any atom is 0.352 e. The molecular weight excluding hydrogens is 426 g/mol. The van der Waals surface area contributed by atoms with Gasteiger partial charge in [-0.25, -0.2) is 18.9 Å². The van der Waals surface area contributed by atoms with E-state index in [1.54, 1.807) is 4.40 Å². The van der Waals surface area contributed by atoms with E-state index in [1.807, 2.05) is 84.9 Å². The summed E-state index contributed by atoms with van der Waals surface area (Å²) in [7, 11) is 0. The van der Waals surface area contributed by atoms with Crippen LogP contribution in [0, 0.1) is 0 Å². The molecule has 1 saturated carbocycles. The number of fused-ring (bicyclic) bond motifs is 3. The summed E-state index contributed by atoms with van der Waals surface area (Å²) >= 11 is 0. The van der Waals surface area contributed by atoms with Crippen molar-refractivity contribution in [2.45, 2.75) is 31.3 Å². The van der Waals surface area contributed by atoms with Gasteiger partial charge in [0.15, 0.2) is 5.65 Å². The summed E-state index contributed by atoms with van der Waals surface area (Å²) in [5, 5.41) is 8.46. The Balaban J connectivity index is 1.36. The number of hydrogen-bond donors (Lipinski definition) is 1. The lowest BCUT2D eigenvalue weighted by atomic mass is 9.99. The van der Waals surface area contributed by atoms with Crippen LogP contribution in [-0.4, -0.2) is 25.1 Å². The smallest absolute Gasteiger partial charge is 0.344 e. The van der Waals surface area contributed by atoms with Gasteiger partial charge in [-0.05, 0) is 36.1 Å². The molecule has 1 aliphatic rings. The summed E-state index contributed by atoms with van der Waals surface area (Å²) in [4.78, 5) is 31.2. The molecular formula is C27H23N5O2. The van der Waals surface area contributed by atoms with Crippen LogP contribution in [0.3, 0.4) is 0 Å². The van der Waals surface area contributed by atoms with E-state index in [0.717, 1.165) is 40.7 Å². The summed E-state index contributed by atoms with van der Waals surface area (Å²) in [6.07, 6.45) is 2.02. The van der Waals surface area contributed by atoms with Crippen LogP contribution >= 0.6 is 0 Å². The summed E-state index contributed by atoms with van der Waals surface area (Å²) < 4.78 is 2.83. The van der Waals surface area contributed by atoms with Gasteiger partial charge in [0.1, 0.15) is 12.4 Å². The van der Waals surface area contributed by atoms with Crippen molar-refractivity contribution in [3.63, 3.8) is 0 Å². The highest BCUT2D eigenvalue weighted by Crippen LogP contribution is 2.39. The summed E-state index contributed by atoms with van der Waals surface area (Å²) in [5.41, 5.74) is 2.96. The Morgan fingerprint density at radius 2 is 1.53 bits per heavy atom. The summed E-state index contributed by atoms with van der Waals surface area (Å²) in [5.74, 6) is 0.710. The van der Waals surface area contributed by atoms with Crippen LogP contribution in [-0.2, 0) is 11.3 Å². The predicted octanol–water partition coefficient (Wildman–Crippen LogP) is 3.83. The molecule has 7 heteroatoms. The Bertz CT molecular complexity index is 1510. The van der Waals surface area contributed by atoms with E-state index in [4.69, 9.17) is 4.98 Å². The monoisotopic (exact) mass is 449 g/mol. The molecule has 3 aromatic carbocycles. The van der Waals surface area contributed by atoms with E-state index < -0.39 is 0 Å². The third kappa shape index (κ3) is 3.65. The Morgan fingerprint density at radius 1 is 0.912 bits per heavy atom. The third-order valence-electron chi connectivity index (χ3n) is 6.26. The van der Waals surface area contributed by atoms with Gasteiger partial charge in [-0.15, -0.1) is 5.10 Å². The number of aromatic nitrogens is 4. The lowest BCUT2D eigenvalue weighted by molar-refractivity contribution is -0.122. The van der Waals surface area contributed by atoms with Crippen LogP contribution in [0.1, 0.15) is 41.8 Å². The molecule has 0 aliphatic heterocycles. The zero-order valence-corrected chi connectivity index (χ0v) is 18.5. The van der Waals surface area contributed by atoms with Gasteiger partial charge in [0.2, 0.25) is 5.91 Å². The number of carbonyl (C=O) groups is 1. The molecule has 6 rings (SSSR count). The first kappa shape index (κ1) is 20.4. The minimum absolute atomic E-state index is 0.172. The van der Waals surface area contributed by atoms with Crippen LogP contribution in [0.4, 0.5) is 0 Å². The number of nitrogens with zero attached hydrogens (tertiary/aromatic N) is 4. The lowest BCUT2D eigenvalue weighted by Gasteiger charge is -2.19. The first-order valence-corrected chi connectivity index (χ1v) is 11.5. The van der Waals surface area contributed by atoms with Crippen molar-refractivity contribution < 1.29 is 4.79 Å². The number of carbonyl (C=O) groups excluding carboxylic acids is 1. The fourth-order valence-electron chi connectivity index (χ4n) is 4.43. The molecule has 7 nitrogen and oxygen atoms in total. The van der Waals surface area contributed by atoms with Gasteiger partial charge in [-0.3, -0.25) is 4.79 Å². The second-order valence-corrected chi connectivity index (χ2v) is 8.68. The fourth-order valence-corrected chi connectivity index (χ4v) is 4.43. The van der Waals surface area contributed by atoms with Crippen molar-refractivity contribution >= 4 is 22.5 Å². The highest BCUT2D eigenvalue weighted by molar-refractivity contribution is 5.91. The van der Waals surface area contributed by atoms with Crippen molar-refractivity contribution in [1.29, 1.82) is 0 Å². The van der Waals surface area contributed by atoms with Crippen LogP contribution in [0.2, 0.25) is 0 Å². The van der Waals surface area contributed by atoms with Crippen LogP contribution in [0.25, 0.3) is 16.6 Å². The van der Waals surface area contributed by atoms with E-state index in [2.05, 4.69) is 10.4 Å². The number of nitrogens with one attached hydrogen (secondary N) is 1. The minimum Gasteiger partial charge on any atom is -0.344 e. The zero-order chi connectivity index (χ0) is 23.1. The lowest BCUT2D eigenvalue weighted by Crippen LogP contribution is -2.35. The van der Waals surface area contributed by atoms with Crippen LogP contribution in [0.15, 0.2) is 89.7 Å². The summed E-state index contributed by atoms with van der Waals surface area (Å²) in [6.45, 7) is -0.172. The summed E-state index contributed by atoms with van der Waals surface area (Å²) in [6, 6.07) is 26.9.